The van der Waals surface area contributed by atoms with E-state index in [1.165, 1.54) is 5.56 Å². The van der Waals surface area contributed by atoms with Crippen molar-refractivity contribution in [3.05, 3.63) is 59.2 Å². The van der Waals surface area contributed by atoms with Crippen LogP contribution in [-0.4, -0.2) is 25.2 Å². The summed E-state index contributed by atoms with van der Waals surface area (Å²) in [5, 5.41) is 2.92. The number of nitrogens with one attached hydrogen (secondary N) is 1. The first-order chi connectivity index (χ1) is 13.2. The minimum Gasteiger partial charge on any atom is -0.491 e. The number of carbonyl (C=O) groups excluding carboxylic acids is 1. The van der Waals surface area contributed by atoms with Crippen molar-refractivity contribution in [2.45, 2.75) is 59.5 Å². The Bertz CT molecular complexity index is 793. The molecular formula is C24H33NO3. The lowest BCUT2D eigenvalue weighted by molar-refractivity contribution is -0.128. The second kappa shape index (κ2) is 9.63. The Morgan fingerprint density at radius 2 is 1.79 bits per heavy atom. The molecule has 0 saturated carbocycles. The average molecular weight is 384 g/mol. The van der Waals surface area contributed by atoms with Gasteiger partial charge in [-0.2, -0.15) is 0 Å². The van der Waals surface area contributed by atoms with Crippen molar-refractivity contribution in [3.8, 4) is 11.5 Å². The van der Waals surface area contributed by atoms with Gasteiger partial charge in [-0.3, -0.25) is 4.79 Å². The third-order valence-corrected chi connectivity index (χ3v) is 4.77. The zero-order valence-electron chi connectivity index (χ0n) is 18.0. The zero-order valence-corrected chi connectivity index (χ0v) is 18.0. The number of ether oxygens (including phenoxy) is 2. The Morgan fingerprint density at radius 1 is 1.07 bits per heavy atom. The predicted molar refractivity (Wildman–Crippen MR) is 114 cm³/mol. The molecule has 2 aromatic carbocycles. The van der Waals surface area contributed by atoms with Gasteiger partial charge in [0.25, 0.3) is 5.91 Å². The van der Waals surface area contributed by atoms with Crippen LogP contribution in [0.15, 0.2) is 42.5 Å². The van der Waals surface area contributed by atoms with Gasteiger partial charge in [-0.25, -0.2) is 0 Å². The molecule has 1 amide bonds. The molecule has 0 bridgehead atoms. The molecule has 0 aromatic heterocycles. The van der Waals surface area contributed by atoms with Crippen LogP contribution in [0.2, 0.25) is 0 Å². The highest BCUT2D eigenvalue weighted by molar-refractivity contribution is 5.81. The standard InChI is InChI=1S/C24H33NO3/c1-7-21(28-19-13-12-17(2)18(3)16-19)23(26)25-14-15-27-22-11-9-8-10-20(22)24(4,5)6/h8-13,16,21H,7,14-15H2,1-6H3,(H,25,26)/t21-/m1/s1. The minimum atomic E-state index is -0.510. The number of hydrogen-bond acceptors (Lipinski definition) is 3. The molecule has 4 heteroatoms. The molecule has 0 radical (unpaired) electrons. The molecule has 152 valence electrons. The summed E-state index contributed by atoms with van der Waals surface area (Å²) < 4.78 is 11.8. The molecule has 28 heavy (non-hydrogen) atoms. The second-order valence-corrected chi connectivity index (χ2v) is 8.15. The summed E-state index contributed by atoms with van der Waals surface area (Å²) in [4.78, 5) is 12.5. The molecule has 0 aliphatic rings. The van der Waals surface area contributed by atoms with Gasteiger partial charge in [-0.05, 0) is 60.6 Å². The number of para-hydroxylation sites is 1. The van der Waals surface area contributed by atoms with E-state index in [9.17, 15) is 4.79 Å². The normalized spacial score (nSPS) is 12.4. The third-order valence-electron chi connectivity index (χ3n) is 4.77. The van der Waals surface area contributed by atoms with Crippen LogP contribution in [0.25, 0.3) is 0 Å². The highest BCUT2D eigenvalue weighted by atomic mass is 16.5. The summed E-state index contributed by atoms with van der Waals surface area (Å²) in [5.74, 6) is 1.47. The molecular weight excluding hydrogens is 350 g/mol. The number of carbonyl (C=O) groups is 1. The molecule has 0 fully saturated rings. The lowest BCUT2D eigenvalue weighted by Crippen LogP contribution is -2.39. The van der Waals surface area contributed by atoms with Crippen LogP contribution in [0.5, 0.6) is 11.5 Å². The maximum atomic E-state index is 12.5. The van der Waals surface area contributed by atoms with E-state index in [1.54, 1.807) is 0 Å². The van der Waals surface area contributed by atoms with Gasteiger partial charge >= 0.3 is 0 Å². The van der Waals surface area contributed by atoms with E-state index >= 15 is 0 Å². The number of hydrogen-bond donors (Lipinski definition) is 1. The topological polar surface area (TPSA) is 47.6 Å². The number of amides is 1. The van der Waals surface area contributed by atoms with Gasteiger partial charge in [-0.1, -0.05) is 52.0 Å². The van der Waals surface area contributed by atoms with Crippen molar-refractivity contribution in [1.29, 1.82) is 0 Å². The van der Waals surface area contributed by atoms with E-state index < -0.39 is 6.10 Å². The third kappa shape index (κ3) is 6.01. The fourth-order valence-corrected chi connectivity index (χ4v) is 2.93. The van der Waals surface area contributed by atoms with Crippen LogP contribution in [0.4, 0.5) is 0 Å². The summed E-state index contributed by atoms with van der Waals surface area (Å²) >= 11 is 0. The monoisotopic (exact) mass is 383 g/mol. The molecule has 0 heterocycles. The van der Waals surface area contributed by atoms with Gasteiger partial charge in [0.15, 0.2) is 6.10 Å². The Hall–Kier alpha value is -2.49. The molecule has 0 aliphatic carbocycles. The molecule has 0 saturated heterocycles. The van der Waals surface area contributed by atoms with Gasteiger partial charge < -0.3 is 14.8 Å². The number of rotatable bonds is 8. The highest BCUT2D eigenvalue weighted by Crippen LogP contribution is 2.30. The van der Waals surface area contributed by atoms with Crippen LogP contribution in [-0.2, 0) is 10.2 Å². The fraction of sp³-hybridized carbons (Fsp3) is 0.458. The lowest BCUT2D eigenvalue weighted by atomic mass is 9.86. The maximum Gasteiger partial charge on any atom is 0.261 e. The van der Waals surface area contributed by atoms with E-state index in [1.807, 2.05) is 50.2 Å². The van der Waals surface area contributed by atoms with Gasteiger partial charge in [0.2, 0.25) is 0 Å². The summed E-state index contributed by atoms with van der Waals surface area (Å²) in [6, 6.07) is 13.9. The first-order valence-corrected chi connectivity index (χ1v) is 9.96. The van der Waals surface area contributed by atoms with Crippen LogP contribution in [0.1, 0.15) is 50.8 Å². The van der Waals surface area contributed by atoms with E-state index in [0.29, 0.717) is 19.6 Å². The largest absolute Gasteiger partial charge is 0.491 e. The van der Waals surface area contributed by atoms with Gasteiger partial charge in [0.1, 0.15) is 18.1 Å². The van der Waals surface area contributed by atoms with Crippen molar-refractivity contribution in [3.63, 3.8) is 0 Å². The van der Waals surface area contributed by atoms with Crippen LogP contribution in [0, 0.1) is 13.8 Å². The summed E-state index contributed by atoms with van der Waals surface area (Å²) in [5.41, 5.74) is 3.52. The molecule has 2 aromatic rings. The van der Waals surface area contributed by atoms with Crippen molar-refractivity contribution in [1.82, 2.24) is 5.32 Å². The van der Waals surface area contributed by atoms with Gasteiger partial charge in [0, 0.05) is 0 Å². The number of aryl methyl sites for hydroxylation is 2. The van der Waals surface area contributed by atoms with Crippen LogP contribution < -0.4 is 14.8 Å². The van der Waals surface area contributed by atoms with Crippen molar-refractivity contribution in [2.24, 2.45) is 0 Å². The first-order valence-electron chi connectivity index (χ1n) is 9.96. The Labute approximate surface area is 169 Å². The second-order valence-electron chi connectivity index (χ2n) is 8.15. The van der Waals surface area contributed by atoms with Crippen molar-refractivity contribution < 1.29 is 14.3 Å². The lowest BCUT2D eigenvalue weighted by Gasteiger charge is -2.23. The molecule has 0 spiro atoms. The summed E-state index contributed by atoms with van der Waals surface area (Å²) in [6.45, 7) is 13.4. The van der Waals surface area contributed by atoms with Crippen molar-refractivity contribution >= 4 is 5.91 Å². The first kappa shape index (κ1) is 21.8. The van der Waals surface area contributed by atoms with E-state index in [0.717, 1.165) is 22.6 Å². The van der Waals surface area contributed by atoms with E-state index in [-0.39, 0.29) is 11.3 Å². The van der Waals surface area contributed by atoms with E-state index in [2.05, 4.69) is 39.1 Å². The predicted octanol–water partition coefficient (Wildman–Crippen LogP) is 4.95. The SMILES string of the molecule is CC[C@@H](Oc1ccc(C)c(C)c1)C(=O)NCCOc1ccccc1C(C)(C)C. The summed E-state index contributed by atoms with van der Waals surface area (Å²) in [7, 11) is 0. The molecule has 0 unspecified atom stereocenters. The van der Waals surface area contributed by atoms with Crippen LogP contribution in [0.3, 0.4) is 0 Å². The van der Waals surface area contributed by atoms with Gasteiger partial charge in [-0.15, -0.1) is 0 Å². The minimum absolute atomic E-state index is 0.00710. The molecule has 4 nitrogen and oxygen atoms in total. The molecule has 1 atom stereocenters. The highest BCUT2D eigenvalue weighted by Gasteiger charge is 2.20. The van der Waals surface area contributed by atoms with E-state index in [4.69, 9.17) is 9.47 Å². The average Bonchev–Trinajstić information content (AvgIpc) is 2.65. The molecule has 0 aliphatic heterocycles. The van der Waals surface area contributed by atoms with Crippen molar-refractivity contribution in [2.75, 3.05) is 13.2 Å². The fourth-order valence-electron chi connectivity index (χ4n) is 2.93. The molecule has 2 rings (SSSR count). The smallest absolute Gasteiger partial charge is 0.261 e. The molecule has 1 N–H and O–H groups in total. The Balaban J connectivity index is 1.86. The zero-order chi connectivity index (χ0) is 20.7. The Morgan fingerprint density at radius 3 is 2.43 bits per heavy atom. The number of benzene rings is 2. The quantitative estimate of drug-likeness (QED) is 0.656. The Kier molecular flexibility index (Phi) is 7.50. The maximum absolute atomic E-state index is 12.5. The summed E-state index contributed by atoms with van der Waals surface area (Å²) in [6.07, 6.45) is 0.0934. The van der Waals surface area contributed by atoms with Gasteiger partial charge in [0.05, 0.1) is 6.54 Å². The van der Waals surface area contributed by atoms with Crippen LogP contribution >= 0.6 is 0 Å².